The van der Waals surface area contributed by atoms with Crippen LogP contribution in [0, 0.1) is 23.0 Å². The molecule has 0 fully saturated rings. The van der Waals surface area contributed by atoms with E-state index in [4.69, 9.17) is 10.1 Å². The number of hydrogen-bond acceptors (Lipinski definition) is 8. The summed E-state index contributed by atoms with van der Waals surface area (Å²) in [6, 6.07) is 8.45. The molecule has 0 saturated carbocycles. The maximum atomic E-state index is 15.5. The Balaban J connectivity index is 1.27. The quantitative estimate of drug-likeness (QED) is 0.107. The monoisotopic (exact) mass is 678 g/mol. The normalized spacial score (nSPS) is 18.2. The number of ketones is 1. The number of aliphatic imine (C=N–C) groups is 3. The van der Waals surface area contributed by atoms with E-state index in [9.17, 15) is 9.59 Å². The summed E-state index contributed by atoms with van der Waals surface area (Å²) in [4.78, 5) is 37.3. The lowest BCUT2D eigenvalue weighted by Crippen LogP contribution is -2.26. The van der Waals surface area contributed by atoms with Crippen molar-refractivity contribution in [3.8, 4) is 5.75 Å². The SMILES string of the molecule is C=NCCC(=O)NCCC(=N)CC(=O)c1ccc(N/C2=C\C/C=C\C3CC2=NC=C3c2ccc(OC3=NC=CCC=C3)c(F)c2F)cc1CC. The molecular weight excluding hydrogens is 638 g/mol. The second-order valence-corrected chi connectivity index (χ2v) is 11.9. The smallest absolute Gasteiger partial charge is 0.221 e. The van der Waals surface area contributed by atoms with Crippen LogP contribution in [0.1, 0.15) is 66.9 Å². The Hall–Kier alpha value is -5.58. The van der Waals surface area contributed by atoms with E-state index in [0.717, 1.165) is 22.7 Å². The number of carbonyl (C=O) groups is 2. The number of ether oxygens (including phenoxy) is 1. The fourth-order valence-electron chi connectivity index (χ4n) is 5.78. The highest BCUT2D eigenvalue weighted by Crippen LogP contribution is 2.37. The van der Waals surface area contributed by atoms with Crippen LogP contribution < -0.4 is 15.4 Å². The first-order chi connectivity index (χ1) is 24.3. The fourth-order valence-corrected chi connectivity index (χ4v) is 5.78. The number of Topliss-reactive ketones (excluding diaryl/α,β-unsaturated/α-hetero) is 1. The molecule has 2 aromatic carbocycles. The van der Waals surface area contributed by atoms with Crippen molar-refractivity contribution in [1.29, 1.82) is 5.41 Å². The lowest BCUT2D eigenvalue weighted by Gasteiger charge is -2.26. The summed E-state index contributed by atoms with van der Waals surface area (Å²) >= 11 is 0. The molecule has 2 aliphatic heterocycles. The van der Waals surface area contributed by atoms with Crippen LogP contribution >= 0.6 is 0 Å². The number of carbonyl (C=O) groups excluding carboxylic acids is 2. The molecule has 1 amide bonds. The van der Waals surface area contributed by atoms with Gasteiger partial charge in [0, 0.05) is 79.6 Å². The number of amides is 1. The van der Waals surface area contributed by atoms with Crippen molar-refractivity contribution in [3.05, 3.63) is 113 Å². The van der Waals surface area contributed by atoms with E-state index in [0.29, 0.717) is 43.4 Å². The number of allylic oxidation sites excluding steroid dienone is 7. The molecule has 9 nitrogen and oxygen atoms in total. The summed E-state index contributed by atoms with van der Waals surface area (Å²) in [6.07, 6.45) is 17.3. The Morgan fingerprint density at radius 3 is 2.76 bits per heavy atom. The number of benzene rings is 2. The molecule has 2 heterocycles. The van der Waals surface area contributed by atoms with Gasteiger partial charge in [-0.25, -0.2) is 9.38 Å². The fraction of sp³-hybridized carbons (Fsp3) is 0.282. The minimum Gasteiger partial charge on any atom is -0.436 e. The first kappa shape index (κ1) is 35.7. The number of aryl methyl sites for hydroxylation is 1. The van der Waals surface area contributed by atoms with Gasteiger partial charge in [-0.15, -0.1) is 0 Å². The van der Waals surface area contributed by atoms with E-state index >= 15 is 8.78 Å². The number of hydrogen-bond donors (Lipinski definition) is 3. The highest BCUT2D eigenvalue weighted by Gasteiger charge is 2.27. The van der Waals surface area contributed by atoms with Crippen LogP contribution in [0.3, 0.4) is 0 Å². The van der Waals surface area contributed by atoms with E-state index in [-0.39, 0.29) is 66.3 Å². The Bertz CT molecular complexity index is 1890. The number of anilines is 1. The summed E-state index contributed by atoms with van der Waals surface area (Å²) in [6.45, 7) is 5.96. The first-order valence-corrected chi connectivity index (χ1v) is 16.7. The van der Waals surface area contributed by atoms with Gasteiger partial charge in [-0.2, -0.15) is 4.39 Å². The summed E-state index contributed by atoms with van der Waals surface area (Å²) in [7, 11) is 0. The average molecular weight is 679 g/mol. The molecule has 50 heavy (non-hydrogen) atoms. The molecule has 3 aliphatic rings. The van der Waals surface area contributed by atoms with Gasteiger partial charge >= 0.3 is 0 Å². The summed E-state index contributed by atoms with van der Waals surface area (Å²) in [5.74, 6) is -2.71. The molecule has 258 valence electrons. The van der Waals surface area contributed by atoms with Gasteiger partial charge in [0.1, 0.15) is 0 Å². The zero-order valence-electron chi connectivity index (χ0n) is 28.0. The molecule has 0 aromatic heterocycles. The van der Waals surface area contributed by atoms with Crippen LogP contribution in [0.25, 0.3) is 5.57 Å². The molecule has 5 rings (SSSR count). The molecule has 0 radical (unpaired) electrons. The topological polar surface area (TPSA) is 128 Å². The minimum absolute atomic E-state index is 0.0291. The standard InChI is InChI=1S/C39H40F2N6O3/c1-3-25-21-28(12-13-29(25)34(48)23-27(42)16-20-44-36(49)17-19-43-2)47-32-10-7-6-9-26-22-33(32)46-24-31(26)30-14-15-35(39(41)38(30)40)50-37-11-5-4-8-18-45-37/h5-6,8-15,18,21,24,26,42,47H,2-4,7,16-17,19-20,22-23H2,1H3,(H,44,49)/b9-6-,32-10-,42-27?. The number of nitrogens with one attached hydrogen (secondary N) is 3. The van der Waals surface area contributed by atoms with Crippen LogP contribution in [0.2, 0.25) is 0 Å². The molecule has 11 heteroatoms. The largest absolute Gasteiger partial charge is 0.436 e. The zero-order valence-corrected chi connectivity index (χ0v) is 28.0. The lowest BCUT2D eigenvalue weighted by atomic mass is 9.84. The third kappa shape index (κ3) is 9.10. The van der Waals surface area contributed by atoms with E-state index in [1.807, 2.05) is 49.4 Å². The second-order valence-electron chi connectivity index (χ2n) is 11.9. The van der Waals surface area contributed by atoms with Gasteiger partial charge in [-0.1, -0.05) is 37.3 Å². The van der Waals surface area contributed by atoms with Crippen molar-refractivity contribution in [2.45, 2.75) is 51.9 Å². The molecule has 2 bridgehead atoms. The summed E-state index contributed by atoms with van der Waals surface area (Å²) < 4.78 is 36.2. The van der Waals surface area contributed by atoms with Gasteiger partial charge < -0.3 is 25.8 Å². The zero-order chi connectivity index (χ0) is 35.5. The third-order valence-electron chi connectivity index (χ3n) is 8.41. The first-order valence-electron chi connectivity index (χ1n) is 16.7. The van der Waals surface area contributed by atoms with Gasteiger partial charge in [0.2, 0.25) is 17.6 Å². The van der Waals surface area contributed by atoms with E-state index in [1.165, 1.54) is 12.1 Å². The number of halogens is 2. The Kier molecular flexibility index (Phi) is 12.3. The molecule has 3 N–H and O–H groups in total. The van der Waals surface area contributed by atoms with Crippen LogP contribution in [0.15, 0.2) is 99.9 Å². The second kappa shape index (κ2) is 17.2. The van der Waals surface area contributed by atoms with Gasteiger partial charge in [0.05, 0.1) is 11.4 Å². The van der Waals surface area contributed by atoms with Gasteiger partial charge in [-0.3, -0.25) is 14.6 Å². The maximum Gasteiger partial charge on any atom is 0.221 e. The molecule has 1 unspecified atom stereocenters. The van der Waals surface area contributed by atoms with Crippen molar-refractivity contribution in [2.75, 3.05) is 18.4 Å². The lowest BCUT2D eigenvalue weighted by molar-refractivity contribution is -0.120. The van der Waals surface area contributed by atoms with Crippen molar-refractivity contribution in [2.24, 2.45) is 20.9 Å². The number of nitrogens with zero attached hydrogens (tertiary/aromatic N) is 3. The summed E-state index contributed by atoms with van der Waals surface area (Å²) in [5, 5.41) is 14.4. The van der Waals surface area contributed by atoms with Crippen molar-refractivity contribution < 1.29 is 23.1 Å². The van der Waals surface area contributed by atoms with Gasteiger partial charge in [0.25, 0.3) is 0 Å². The highest BCUT2D eigenvalue weighted by molar-refractivity contribution is 6.10. The Morgan fingerprint density at radius 2 is 1.94 bits per heavy atom. The van der Waals surface area contributed by atoms with Crippen LogP contribution in [0.5, 0.6) is 5.75 Å². The van der Waals surface area contributed by atoms with Crippen LogP contribution in [0.4, 0.5) is 14.5 Å². The average Bonchev–Trinajstić information content (AvgIpc) is 3.38. The van der Waals surface area contributed by atoms with Crippen molar-refractivity contribution in [3.63, 3.8) is 0 Å². The Morgan fingerprint density at radius 1 is 1.08 bits per heavy atom. The van der Waals surface area contributed by atoms with E-state index in [2.05, 4.69) is 32.3 Å². The third-order valence-corrected chi connectivity index (χ3v) is 8.41. The molecule has 2 aromatic rings. The van der Waals surface area contributed by atoms with Crippen molar-refractivity contribution >= 4 is 47.0 Å². The molecule has 1 atom stereocenters. The van der Waals surface area contributed by atoms with E-state index in [1.54, 1.807) is 24.5 Å². The summed E-state index contributed by atoms with van der Waals surface area (Å²) in [5.41, 5.74) is 4.69. The molecule has 1 aliphatic carbocycles. The van der Waals surface area contributed by atoms with Gasteiger partial charge in [-0.05, 0) is 73.5 Å². The predicted octanol–water partition coefficient (Wildman–Crippen LogP) is 7.73. The van der Waals surface area contributed by atoms with Crippen LogP contribution in [-0.4, -0.2) is 48.8 Å². The molecule has 0 saturated heterocycles. The Labute approximate surface area is 290 Å². The van der Waals surface area contributed by atoms with Crippen LogP contribution in [-0.2, 0) is 11.2 Å². The van der Waals surface area contributed by atoms with Gasteiger partial charge in [0.15, 0.2) is 17.3 Å². The predicted molar refractivity (Wildman–Crippen MR) is 195 cm³/mol. The molecular formula is C39H40F2N6O3. The number of fused-ring (bicyclic) bond motifs is 2. The maximum absolute atomic E-state index is 15.5. The minimum atomic E-state index is -1.09. The van der Waals surface area contributed by atoms with E-state index < -0.39 is 11.6 Å². The highest BCUT2D eigenvalue weighted by atomic mass is 19.2. The van der Waals surface area contributed by atoms with Crippen molar-refractivity contribution in [1.82, 2.24) is 5.32 Å². The number of rotatable bonds is 14. The molecule has 0 spiro atoms.